The van der Waals surface area contributed by atoms with Gasteiger partial charge in [-0.05, 0) is 174 Å². The Labute approximate surface area is 480 Å². The maximum absolute atomic E-state index is 6.36. The fourth-order valence-electron chi connectivity index (χ4n) is 12.5. The van der Waals surface area contributed by atoms with E-state index in [2.05, 4.69) is 310 Å². The van der Waals surface area contributed by atoms with E-state index in [0.717, 1.165) is 67.2 Å². The smallest absolute Gasteiger partial charge is 0.252 e. The van der Waals surface area contributed by atoms with Crippen LogP contribution in [0, 0.1) is 0 Å². The molecule has 10 aromatic carbocycles. The Bertz CT molecular complexity index is 4220. The van der Waals surface area contributed by atoms with E-state index in [1.165, 1.54) is 66.8 Å². The highest BCUT2D eigenvalue weighted by Gasteiger charge is 2.45. The van der Waals surface area contributed by atoms with Gasteiger partial charge in [0.25, 0.3) is 6.71 Å². The first-order chi connectivity index (χ1) is 38.7. The topological polar surface area (TPSA) is 22.9 Å². The first-order valence-electron chi connectivity index (χ1n) is 28.9. The summed E-state index contributed by atoms with van der Waals surface area (Å²) in [5, 5.41) is 2.24. The van der Waals surface area contributed by atoms with Crippen molar-refractivity contribution in [3.05, 3.63) is 241 Å². The van der Waals surface area contributed by atoms with Crippen LogP contribution in [0.5, 0.6) is 0 Å². The largest absolute Gasteiger partial charge is 0.456 e. The summed E-state index contributed by atoms with van der Waals surface area (Å²) in [5.74, 6) is 0. The second-order valence-electron chi connectivity index (χ2n) is 26.7. The van der Waals surface area contributed by atoms with Crippen molar-refractivity contribution >= 4 is 96.2 Å². The highest BCUT2D eigenvalue weighted by atomic mass is 16.3. The second-order valence-corrected chi connectivity index (χ2v) is 26.7. The Morgan fingerprint density at radius 3 is 1.62 bits per heavy atom. The van der Waals surface area contributed by atoms with Gasteiger partial charge in [-0.3, -0.25) is 0 Å². The lowest BCUT2D eigenvalue weighted by atomic mass is 9.33. The molecule has 0 fully saturated rings. The standard InChI is InChI=1S/C76H72BN3O/c1-73(2,3)52-31-35-57(36-32-52)79-66-40-34-54(75(7,8)9)45-64(66)77-63-38-37-59(78(56-25-17-14-18-26-56)65-39-33-53(74(4,5)6)44-61(65)49-22-15-13-16-23-49)48-67(63)80(69-47-55(76(10,11)12)46-68(79)72(69)77)58-27-21-24-50(42-58)51-30-41-71-62(43-51)60-28-19-20-29-70(60)81-71/h13-48H,1-12H3. The van der Waals surface area contributed by atoms with Gasteiger partial charge >= 0.3 is 0 Å². The predicted molar refractivity (Wildman–Crippen MR) is 348 cm³/mol. The summed E-state index contributed by atoms with van der Waals surface area (Å²) in [5.41, 5.74) is 25.5. The van der Waals surface area contributed by atoms with E-state index in [1.807, 2.05) is 6.07 Å². The minimum Gasteiger partial charge on any atom is -0.456 e. The Morgan fingerprint density at radius 2 is 0.926 bits per heavy atom. The van der Waals surface area contributed by atoms with Crippen molar-refractivity contribution in [2.45, 2.75) is 105 Å². The molecule has 0 unspecified atom stereocenters. The van der Waals surface area contributed by atoms with E-state index in [1.54, 1.807) is 0 Å². The molecule has 2 aliphatic rings. The molecule has 13 rings (SSSR count). The zero-order valence-corrected chi connectivity index (χ0v) is 49.1. The summed E-state index contributed by atoms with van der Waals surface area (Å²) in [7, 11) is 0. The normalized spacial score (nSPS) is 13.4. The molecule has 0 saturated carbocycles. The molecule has 0 radical (unpaired) electrons. The molecule has 0 amide bonds. The minimum absolute atomic E-state index is 0.0150. The number of para-hydroxylation sites is 2. The molecule has 0 aliphatic carbocycles. The van der Waals surface area contributed by atoms with Crippen molar-refractivity contribution in [2.75, 3.05) is 14.7 Å². The first kappa shape index (κ1) is 51.9. The Balaban J connectivity index is 1.11. The van der Waals surface area contributed by atoms with Gasteiger partial charge in [0.15, 0.2) is 0 Å². The molecule has 0 bridgehead atoms. The third kappa shape index (κ3) is 9.12. The molecule has 1 aromatic heterocycles. The molecular weight excluding hydrogens is 982 g/mol. The molecule has 400 valence electrons. The van der Waals surface area contributed by atoms with Crippen LogP contribution in [-0.2, 0) is 21.7 Å². The van der Waals surface area contributed by atoms with E-state index in [-0.39, 0.29) is 28.4 Å². The van der Waals surface area contributed by atoms with Crippen LogP contribution in [0.25, 0.3) is 44.2 Å². The molecule has 0 spiro atoms. The van der Waals surface area contributed by atoms with E-state index in [0.29, 0.717) is 0 Å². The summed E-state index contributed by atoms with van der Waals surface area (Å²) >= 11 is 0. The lowest BCUT2D eigenvalue weighted by molar-refractivity contribution is 0.589. The van der Waals surface area contributed by atoms with Crippen LogP contribution in [0.4, 0.5) is 51.2 Å². The van der Waals surface area contributed by atoms with E-state index in [4.69, 9.17) is 4.42 Å². The highest BCUT2D eigenvalue weighted by Crippen LogP contribution is 2.50. The molecule has 11 aromatic rings. The van der Waals surface area contributed by atoms with Crippen LogP contribution in [0.3, 0.4) is 0 Å². The zero-order valence-electron chi connectivity index (χ0n) is 49.1. The van der Waals surface area contributed by atoms with Gasteiger partial charge in [-0.2, -0.15) is 0 Å². The minimum atomic E-state index is -0.186. The fraction of sp³-hybridized carbons (Fsp3) is 0.211. The van der Waals surface area contributed by atoms with Gasteiger partial charge in [0.2, 0.25) is 0 Å². The lowest BCUT2D eigenvalue weighted by Crippen LogP contribution is -2.61. The number of hydrogen-bond donors (Lipinski definition) is 0. The van der Waals surface area contributed by atoms with Crippen molar-refractivity contribution in [1.82, 2.24) is 0 Å². The Morgan fingerprint density at radius 1 is 0.346 bits per heavy atom. The molecule has 0 N–H and O–H groups in total. The van der Waals surface area contributed by atoms with Crippen LogP contribution in [-0.4, -0.2) is 6.71 Å². The third-order valence-corrected chi connectivity index (χ3v) is 17.1. The van der Waals surface area contributed by atoms with Gasteiger partial charge in [0.1, 0.15) is 11.2 Å². The maximum atomic E-state index is 6.36. The highest BCUT2D eigenvalue weighted by molar-refractivity contribution is 7.00. The Hall–Kier alpha value is -8.54. The summed E-state index contributed by atoms with van der Waals surface area (Å²) in [6.07, 6.45) is 0. The molecule has 81 heavy (non-hydrogen) atoms. The molecule has 4 nitrogen and oxygen atoms in total. The maximum Gasteiger partial charge on any atom is 0.252 e. The number of benzene rings is 10. The number of rotatable bonds is 7. The van der Waals surface area contributed by atoms with Crippen LogP contribution in [0.1, 0.15) is 105 Å². The molecule has 2 aliphatic heterocycles. The van der Waals surface area contributed by atoms with Crippen LogP contribution in [0.2, 0.25) is 0 Å². The number of nitrogens with zero attached hydrogens (tertiary/aromatic N) is 3. The van der Waals surface area contributed by atoms with Gasteiger partial charge < -0.3 is 19.1 Å². The van der Waals surface area contributed by atoms with Crippen molar-refractivity contribution in [3.63, 3.8) is 0 Å². The van der Waals surface area contributed by atoms with Crippen molar-refractivity contribution in [3.8, 4) is 22.3 Å². The van der Waals surface area contributed by atoms with Crippen molar-refractivity contribution in [2.24, 2.45) is 0 Å². The third-order valence-electron chi connectivity index (χ3n) is 17.1. The molecule has 5 heteroatoms. The van der Waals surface area contributed by atoms with Gasteiger partial charge in [-0.15, -0.1) is 0 Å². The number of anilines is 9. The van der Waals surface area contributed by atoms with Crippen LogP contribution in [0.15, 0.2) is 223 Å². The van der Waals surface area contributed by atoms with Crippen LogP contribution >= 0.6 is 0 Å². The van der Waals surface area contributed by atoms with Crippen LogP contribution < -0.4 is 31.1 Å². The number of fused-ring (bicyclic) bond motifs is 7. The molecule has 3 heterocycles. The Kier molecular flexibility index (Phi) is 12.2. The fourth-order valence-corrected chi connectivity index (χ4v) is 12.5. The van der Waals surface area contributed by atoms with Gasteiger partial charge in [-0.25, -0.2) is 0 Å². The molecular formula is C76H72BN3O. The zero-order chi connectivity index (χ0) is 56.3. The van der Waals surface area contributed by atoms with E-state index >= 15 is 0 Å². The average Bonchev–Trinajstić information content (AvgIpc) is 3.33. The van der Waals surface area contributed by atoms with Crippen molar-refractivity contribution in [1.29, 1.82) is 0 Å². The number of hydrogen-bond acceptors (Lipinski definition) is 4. The number of furan rings is 1. The monoisotopic (exact) mass is 1050 g/mol. The van der Waals surface area contributed by atoms with E-state index in [9.17, 15) is 0 Å². The summed E-state index contributed by atoms with van der Waals surface area (Å²) in [6, 6.07) is 82.2. The van der Waals surface area contributed by atoms with E-state index < -0.39 is 0 Å². The van der Waals surface area contributed by atoms with Crippen molar-refractivity contribution < 1.29 is 4.42 Å². The predicted octanol–water partition coefficient (Wildman–Crippen LogP) is 19.7. The summed E-state index contributed by atoms with van der Waals surface area (Å²) in [6.45, 7) is 27.8. The molecule has 0 saturated heterocycles. The lowest BCUT2D eigenvalue weighted by Gasteiger charge is -2.45. The summed E-state index contributed by atoms with van der Waals surface area (Å²) in [4.78, 5) is 7.65. The van der Waals surface area contributed by atoms with Gasteiger partial charge in [0, 0.05) is 61.8 Å². The second kappa shape index (κ2) is 19.1. The molecule has 0 atom stereocenters. The average molecular weight is 1050 g/mol. The van der Waals surface area contributed by atoms with Gasteiger partial charge in [-0.1, -0.05) is 204 Å². The SMILES string of the molecule is CC(C)(C)c1ccc(N2c3ccc(C(C)(C)C)cc3B3c4ccc(N(c5ccccc5)c5ccc(C(C)(C)C)cc5-c5ccccc5)cc4N(c4cccc(-c5ccc6oc7ccccc7c6c5)c4)c4cc(C(C)(C)C)cc2c43)cc1. The first-order valence-corrected chi connectivity index (χ1v) is 28.9. The van der Waals surface area contributed by atoms with Gasteiger partial charge in [0.05, 0.1) is 5.69 Å². The summed E-state index contributed by atoms with van der Waals surface area (Å²) < 4.78 is 6.36. The quantitative estimate of drug-likeness (QED) is 0.148.